The van der Waals surface area contributed by atoms with Crippen molar-refractivity contribution in [2.75, 3.05) is 5.88 Å². The number of hydrogen-bond acceptors (Lipinski definition) is 2. The van der Waals surface area contributed by atoms with Gasteiger partial charge in [-0.3, -0.25) is 9.48 Å². The summed E-state index contributed by atoms with van der Waals surface area (Å²) in [7, 11) is 1.84. The van der Waals surface area contributed by atoms with Gasteiger partial charge in [-0.1, -0.05) is 18.2 Å². The Morgan fingerprint density at radius 1 is 1.47 bits per heavy atom. The van der Waals surface area contributed by atoms with Gasteiger partial charge in [0.2, 0.25) is 0 Å². The van der Waals surface area contributed by atoms with Crippen molar-refractivity contribution in [3.63, 3.8) is 0 Å². The third-order valence-electron chi connectivity index (χ3n) is 3.12. The smallest absolute Gasteiger partial charge is 0.272 e. The van der Waals surface area contributed by atoms with Crippen LogP contribution in [0.3, 0.4) is 0 Å². The molecule has 2 aromatic rings. The summed E-state index contributed by atoms with van der Waals surface area (Å²) in [5, 5.41) is 8.15. The lowest BCUT2D eigenvalue weighted by atomic mass is 10.1. The van der Waals surface area contributed by atoms with Crippen LogP contribution in [0.5, 0.6) is 0 Å². The van der Waals surface area contributed by atoms with E-state index in [4.69, 9.17) is 11.6 Å². The molecule has 0 radical (unpaired) electrons. The fraction of sp³-hybridized carbons (Fsp3) is 0.429. The number of nitrogens with one attached hydrogen (secondary N) is 1. The molecule has 0 aliphatic rings. The zero-order chi connectivity index (χ0) is 13.8. The molecular formula is C14H18ClN3O. The molecule has 0 spiro atoms. The number of carbonyl (C=O) groups excluding carboxylic acids is 1. The second-order valence-corrected chi connectivity index (χ2v) is 5.07. The highest BCUT2D eigenvalue weighted by Gasteiger charge is 2.17. The van der Waals surface area contributed by atoms with Gasteiger partial charge in [-0.05, 0) is 25.8 Å². The fourth-order valence-electron chi connectivity index (χ4n) is 2.13. The predicted molar refractivity (Wildman–Crippen MR) is 77.6 cm³/mol. The molecule has 1 amide bonds. The number of aryl methyl sites for hydroxylation is 1. The van der Waals surface area contributed by atoms with Gasteiger partial charge in [0.05, 0.1) is 5.52 Å². The molecule has 1 atom stereocenters. The summed E-state index contributed by atoms with van der Waals surface area (Å²) < 4.78 is 1.73. The van der Waals surface area contributed by atoms with Crippen LogP contribution in [-0.4, -0.2) is 27.6 Å². The highest BCUT2D eigenvalue weighted by Crippen LogP contribution is 2.17. The summed E-state index contributed by atoms with van der Waals surface area (Å²) in [6.45, 7) is 1.98. The fourth-order valence-corrected chi connectivity index (χ4v) is 2.28. The zero-order valence-corrected chi connectivity index (χ0v) is 11.9. The molecule has 5 heteroatoms. The first-order chi connectivity index (χ1) is 9.13. The van der Waals surface area contributed by atoms with E-state index < -0.39 is 0 Å². The molecular weight excluding hydrogens is 262 g/mol. The lowest BCUT2D eigenvalue weighted by Crippen LogP contribution is -2.33. The monoisotopic (exact) mass is 279 g/mol. The Bertz CT molecular complexity index is 579. The van der Waals surface area contributed by atoms with Gasteiger partial charge >= 0.3 is 0 Å². The van der Waals surface area contributed by atoms with Crippen molar-refractivity contribution in [1.29, 1.82) is 0 Å². The highest BCUT2D eigenvalue weighted by molar-refractivity contribution is 6.17. The highest BCUT2D eigenvalue weighted by atomic mass is 35.5. The van der Waals surface area contributed by atoms with E-state index in [9.17, 15) is 4.79 Å². The molecule has 0 aliphatic heterocycles. The number of para-hydroxylation sites is 1. The maximum Gasteiger partial charge on any atom is 0.272 e. The zero-order valence-electron chi connectivity index (χ0n) is 11.2. The van der Waals surface area contributed by atoms with Crippen molar-refractivity contribution >= 4 is 28.4 Å². The maximum absolute atomic E-state index is 12.2. The molecule has 1 unspecified atom stereocenters. The molecule has 102 valence electrons. The summed E-state index contributed by atoms with van der Waals surface area (Å²) in [6, 6.07) is 7.83. The van der Waals surface area contributed by atoms with Crippen molar-refractivity contribution in [2.45, 2.75) is 25.8 Å². The maximum atomic E-state index is 12.2. The standard InChI is InChI=1S/C14H18ClN3O/c1-10(6-5-9-15)16-14(19)13-11-7-3-4-8-12(11)18(2)17-13/h3-4,7-8,10H,5-6,9H2,1-2H3,(H,16,19). The Balaban J connectivity index is 2.18. The van der Waals surface area contributed by atoms with Gasteiger partial charge in [0.1, 0.15) is 0 Å². The van der Waals surface area contributed by atoms with Crippen molar-refractivity contribution in [1.82, 2.24) is 15.1 Å². The molecule has 1 aromatic carbocycles. The molecule has 1 heterocycles. The second-order valence-electron chi connectivity index (χ2n) is 4.70. The third-order valence-corrected chi connectivity index (χ3v) is 3.39. The van der Waals surface area contributed by atoms with Crippen molar-refractivity contribution < 1.29 is 4.79 Å². The lowest BCUT2D eigenvalue weighted by Gasteiger charge is -2.11. The number of amides is 1. The van der Waals surface area contributed by atoms with E-state index in [1.54, 1.807) is 4.68 Å². The molecule has 19 heavy (non-hydrogen) atoms. The van der Waals surface area contributed by atoms with Gasteiger partial charge in [-0.2, -0.15) is 5.10 Å². The Hall–Kier alpha value is -1.55. The van der Waals surface area contributed by atoms with E-state index in [1.807, 2.05) is 38.2 Å². The first-order valence-corrected chi connectivity index (χ1v) is 6.95. The third kappa shape index (κ3) is 3.07. The largest absolute Gasteiger partial charge is 0.348 e. The van der Waals surface area contributed by atoms with Crippen LogP contribution in [0.1, 0.15) is 30.3 Å². The molecule has 0 saturated heterocycles. The Labute approximate surface area is 117 Å². The molecule has 1 N–H and O–H groups in total. The van der Waals surface area contributed by atoms with Gasteiger partial charge in [0.25, 0.3) is 5.91 Å². The van der Waals surface area contributed by atoms with Gasteiger partial charge in [0.15, 0.2) is 5.69 Å². The summed E-state index contributed by atoms with van der Waals surface area (Å²) >= 11 is 5.65. The molecule has 0 bridgehead atoms. The minimum atomic E-state index is -0.126. The van der Waals surface area contributed by atoms with E-state index in [0.29, 0.717) is 11.6 Å². The second kappa shape index (κ2) is 6.06. The molecule has 0 saturated carbocycles. The SMILES string of the molecule is CC(CCCCl)NC(=O)c1nn(C)c2ccccc12. The minimum absolute atomic E-state index is 0.104. The van der Waals surface area contributed by atoms with Crippen LogP contribution in [0.15, 0.2) is 24.3 Å². The first-order valence-electron chi connectivity index (χ1n) is 6.42. The average molecular weight is 280 g/mol. The number of fused-ring (bicyclic) bond motifs is 1. The molecule has 2 rings (SSSR count). The van der Waals surface area contributed by atoms with Crippen LogP contribution >= 0.6 is 11.6 Å². The Morgan fingerprint density at radius 3 is 2.95 bits per heavy atom. The number of alkyl halides is 1. The van der Waals surface area contributed by atoms with Gasteiger partial charge in [0, 0.05) is 24.4 Å². The van der Waals surface area contributed by atoms with Gasteiger partial charge in [-0.15, -0.1) is 11.6 Å². The molecule has 0 aliphatic carbocycles. The van der Waals surface area contributed by atoms with E-state index in [2.05, 4.69) is 10.4 Å². The summed E-state index contributed by atoms with van der Waals surface area (Å²) in [4.78, 5) is 12.2. The van der Waals surface area contributed by atoms with E-state index >= 15 is 0 Å². The number of benzene rings is 1. The minimum Gasteiger partial charge on any atom is -0.348 e. The predicted octanol–water partition coefficient (Wildman–Crippen LogP) is 2.71. The van der Waals surface area contributed by atoms with Gasteiger partial charge < -0.3 is 5.32 Å². The van der Waals surface area contributed by atoms with E-state index in [-0.39, 0.29) is 11.9 Å². The first kappa shape index (κ1) is 13.9. The Kier molecular flexibility index (Phi) is 4.43. The van der Waals surface area contributed by atoms with Crippen LogP contribution in [0.2, 0.25) is 0 Å². The van der Waals surface area contributed by atoms with Crippen LogP contribution in [0, 0.1) is 0 Å². The van der Waals surface area contributed by atoms with E-state index in [0.717, 1.165) is 23.7 Å². The molecule has 1 aromatic heterocycles. The summed E-state index contributed by atoms with van der Waals surface area (Å²) in [6.07, 6.45) is 1.77. The average Bonchev–Trinajstić information content (AvgIpc) is 2.74. The number of nitrogens with zero attached hydrogens (tertiary/aromatic N) is 2. The molecule has 0 fully saturated rings. The number of rotatable bonds is 5. The summed E-state index contributed by atoms with van der Waals surface area (Å²) in [5.41, 5.74) is 1.44. The van der Waals surface area contributed by atoms with Crippen LogP contribution in [0.25, 0.3) is 10.9 Å². The van der Waals surface area contributed by atoms with Crippen molar-refractivity contribution in [2.24, 2.45) is 7.05 Å². The van der Waals surface area contributed by atoms with Crippen molar-refractivity contribution in [3.05, 3.63) is 30.0 Å². The quantitative estimate of drug-likeness (QED) is 0.856. The topological polar surface area (TPSA) is 46.9 Å². The summed E-state index contributed by atoms with van der Waals surface area (Å²) in [5.74, 6) is 0.492. The molecule has 4 nitrogen and oxygen atoms in total. The number of halogens is 1. The Morgan fingerprint density at radius 2 is 2.21 bits per heavy atom. The van der Waals surface area contributed by atoms with Crippen LogP contribution in [-0.2, 0) is 7.05 Å². The number of aromatic nitrogens is 2. The van der Waals surface area contributed by atoms with Crippen molar-refractivity contribution in [3.8, 4) is 0 Å². The van der Waals surface area contributed by atoms with Crippen LogP contribution < -0.4 is 5.32 Å². The number of hydrogen-bond donors (Lipinski definition) is 1. The van der Waals surface area contributed by atoms with E-state index in [1.165, 1.54) is 0 Å². The van der Waals surface area contributed by atoms with Gasteiger partial charge in [-0.25, -0.2) is 0 Å². The lowest BCUT2D eigenvalue weighted by molar-refractivity contribution is 0.0934. The van der Waals surface area contributed by atoms with Crippen LogP contribution in [0.4, 0.5) is 0 Å². The number of carbonyl (C=O) groups is 1. The normalized spacial score (nSPS) is 12.6.